The van der Waals surface area contributed by atoms with Gasteiger partial charge < -0.3 is 10.5 Å². The number of benzene rings is 1. The van der Waals surface area contributed by atoms with E-state index in [2.05, 4.69) is 6.92 Å². The summed E-state index contributed by atoms with van der Waals surface area (Å²) >= 11 is 5.87. The van der Waals surface area contributed by atoms with E-state index in [4.69, 9.17) is 22.1 Å². The summed E-state index contributed by atoms with van der Waals surface area (Å²) in [5.74, 6) is 0. The van der Waals surface area contributed by atoms with Crippen LogP contribution in [0.25, 0.3) is 0 Å². The Morgan fingerprint density at radius 1 is 1.35 bits per heavy atom. The Morgan fingerprint density at radius 3 is 2.65 bits per heavy atom. The van der Waals surface area contributed by atoms with Crippen molar-refractivity contribution in [2.24, 2.45) is 5.73 Å². The van der Waals surface area contributed by atoms with E-state index >= 15 is 0 Å². The third-order valence-corrected chi connectivity index (χ3v) is 3.90. The minimum Gasteiger partial charge on any atom is -0.374 e. The lowest BCUT2D eigenvalue weighted by molar-refractivity contribution is -0.0808. The Kier molecular flexibility index (Phi) is 4.08. The van der Waals surface area contributed by atoms with Crippen molar-refractivity contribution in [1.29, 1.82) is 0 Å². The van der Waals surface area contributed by atoms with Gasteiger partial charge in [0, 0.05) is 17.7 Å². The summed E-state index contributed by atoms with van der Waals surface area (Å²) in [6.45, 7) is 2.97. The molecule has 0 amide bonds. The Labute approximate surface area is 108 Å². The minimum absolute atomic E-state index is 0.0453. The van der Waals surface area contributed by atoms with Gasteiger partial charge in [0.05, 0.1) is 5.60 Å². The quantitative estimate of drug-likeness (QED) is 0.898. The molecular formula is C14H20ClNO. The molecule has 1 aliphatic rings. The fourth-order valence-corrected chi connectivity index (χ4v) is 2.46. The maximum atomic E-state index is 6.29. The molecule has 17 heavy (non-hydrogen) atoms. The topological polar surface area (TPSA) is 35.2 Å². The fraction of sp³-hybridized carbons (Fsp3) is 0.571. The number of hydrogen-bond acceptors (Lipinski definition) is 2. The zero-order valence-corrected chi connectivity index (χ0v) is 11.0. The first-order valence-corrected chi connectivity index (χ1v) is 6.62. The molecule has 94 valence electrons. The number of halogens is 1. The summed E-state index contributed by atoms with van der Waals surface area (Å²) in [6, 6.07) is 7.94. The third-order valence-electron chi connectivity index (χ3n) is 3.65. The second-order valence-electron chi connectivity index (χ2n) is 5.06. The molecule has 2 nitrogen and oxygen atoms in total. The van der Waals surface area contributed by atoms with Crippen LogP contribution in [0.3, 0.4) is 0 Å². The van der Waals surface area contributed by atoms with E-state index < -0.39 is 0 Å². The average molecular weight is 254 g/mol. The second-order valence-corrected chi connectivity index (χ2v) is 5.49. The average Bonchev–Trinajstić information content (AvgIpc) is 2.33. The van der Waals surface area contributed by atoms with Gasteiger partial charge in [-0.25, -0.2) is 0 Å². The van der Waals surface area contributed by atoms with Crippen LogP contribution in [-0.2, 0) is 11.2 Å². The van der Waals surface area contributed by atoms with Gasteiger partial charge in [0.1, 0.15) is 0 Å². The molecule has 0 spiro atoms. The summed E-state index contributed by atoms with van der Waals surface area (Å²) in [6.07, 6.45) is 4.27. The highest BCUT2D eigenvalue weighted by Gasteiger charge is 2.34. The molecule has 1 aromatic carbocycles. The number of nitrogens with two attached hydrogens (primary N) is 1. The standard InChI is InChI=1S/C14H20ClNO/c1-14(8-2-3-9-17-14)13(16)10-11-4-6-12(15)7-5-11/h4-7,13H,2-3,8-10,16H2,1H3. The first-order valence-electron chi connectivity index (χ1n) is 6.24. The minimum atomic E-state index is -0.169. The molecule has 0 bridgehead atoms. The molecule has 1 aliphatic heterocycles. The van der Waals surface area contributed by atoms with Crippen LogP contribution in [0.15, 0.2) is 24.3 Å². The Bertz CT molecular complexity index is 357. The van der Waals surface area contributed by atoms with Crippen LogP contribution < -0.4 is 5.73 Å². The molecule has 2 rings (SSSR count). The van der Waals surface area contributed by atoms with Gasteiger partial charge in [0.2, 0.25) is 0 Å². The van der Waals surface area contributed by atoms with E-state index in [0.717, 1.165) is 30.9 Å². The lowest BCUT2D eigenvalue weighted by Crippen LogP contribution is -2.50. The summed E-state index contributed by atoms with van der Waals surface area (Å²) < 4.78 is 5.87. The van der Waals surface area contributed by atoms with Crippen LogP contribution in [0.2, 0.25) is 5.02 Å². The lowest BCUT2D eigenvalue weighted by atomic mass is 9.85. The van der Waals surface area contributed by atoms with Gasteiger partial charge >= 0.3 is 0 Å². The molecule has 1 saturated heterocycles. The molecule has 0 radical (unpaired) electrons. The van der Waals surface area contributed by atoms with Gasteiger partial charge in [-0.05, 0) is 50.3 Å². The summed E-state index contributed by atoms with van der Waals surface area (Å²) in [7, 11) is 0. The predicted octanol–water partition coefficient (Wildman–Crippen LogP) is 3.17. The predicted molar refractivity (Wildman–Crippen MR) is 71.3 cm³/mol. The molecule has 0 aromatic heterocycles. The van der Waals surface area contributed by atoms with Crippen molar-refractivity contribution < 1.29 is 4.74 Å². The van der Waals surface area contributed by atoms with E-state index in [0.29, 0.717) is 0 Å². The van der Waals surface area contributed by atoms with E-state index in [-0.39, 0.29) is 11.6 Å². The van der Waals surface area contributed by atoms with Crippen molar-refractivity contribution in [3.05, 3.63) is 34.9 Å². The summed E-state index contributed by atoms with van der Waals surface area (Å²) in [4.78, 5) is 0. The highest BCUT2D eigenvalue weighted by molar-refractivity contribution is 6.30. The Balaban J connectivity index is 2.00. The first-order chi connectivity index (χ1) is 8.10. The largest absolute Gasteiger partial charge is 0.374 e. The molecule has 2 unspecified atom stereocenters. The van der Waals surface area contributed by atoms with Crippen molar-refractivity contribution in [3.8, 4) is 0 Å². The molecule has 2 atom stereocenters. The normalized spacial score (nSPS) is 26.8. The summed E-state index contributed by atoms with van der Waals surface area (Å²) in [5, 5.41) is 0.766. The highest BCUT2D eigenvalue weighted by atomic mass is 35.5. The third kappa shape index (κ3) is 3.21. The van der Waals surface area contributed by atoms with Crippen LogP contribution in [0.5, 0.6) is 0 Å². The van der Waals surface area contributed by atoms with Crippen LogP contribution in [0, 0.1) is 0 Å². The van der Waals surface area contributed by atoms with Crippen molar-refractivity contribution in [1.82, 2.24) is 0 Å². The van der Waals surface area contributed by atoms with Crippen LogP contribution in [-0.4, -0.2) is 18.2 Å². The molecule has 1 fully saturated rings. The first kappa shape index (κ1) is 12.9. The molecule has 0 saturated carbocycles. The van der Waals surface area contributed by atoms with Crippen molar-refractivity contribution in [2.45, 2.75) is 44.2 Å². The molecular weight excluding hydrogens is 234 g/mol. The maximum Gasteiger partial charge on any atom is 0.0807 e. The van der Waals surface area contributed by atoms with E-state index in [1.54, 1.807) is 0 Å². The van der Waals surface area contributed by atoms with Gasteiger partial charge in [0.25, 0.3) is 0 Å². The molecule has 1 aromatic rings. The zero-order valence-electron chi connectivity index (χ0n) is 10.3. The van der Waals surface area contributed by atoms with E-state index in [1.807, 2.05) is 24.3 Å². The van der Waals surface area contributed by atoms with Gasteiger partial charge in [0.15, 0.2) is 0 Å². The number of ether oxygens (including phenoxy) is 1. The lowest BCUT2D eigenvalue weighted by Gasteiger charge is -2.38. The van der Waals surface area contributed by atoms with Crippen molar-refractivity contribution in [3.63, 3.8) is 0 Å². The Hall–Kier alpha value is -0.570. The van der Waals surface area contributed by atoms with Gasteiger partial charge in [-0.1, -0.05) is 23.7 Å². The molecule has 2 N–H and O–H groups in total. The molecule has 3 heteroatoms. The van der Waals surface area contributed by atoms with Gasteiger partial charge in [-0.3, -0.25) is 0 Å². The van der Waals surface area contributed by atoms with Crippen LogP contribution in [0.1, 0.15) is 31.7 Å². The zero-order chi connectivity index (χ0) is 12.3. The van der Waals surface area contributed by atoms with E-state index in [9.17, 15) is 0 Å². The maximum absolute atomic E-state index is 6.29. The van der Waals surface area contributed by atoms with Gasteiger partial charge in [-0.15, -0.1) is 0 Å². The van der Waals surface area contributed by atoms with Crippen molar-refractivity contribution in [2.75, 3.05) is 6.61 Å². The van der Waals surface area contributed by atoms with Crippen molar-refractivity contribution >= 4 is 11.6 Å². The number of hydrogen-bond donors (Lipinski definition) is 1. The highest BCUT2D eigenvalue weighted by Crippen LogP contribution is 2.28. The molecule has 1 heterocycles. The molecule has 0 aliphatic carbocycles. The van der Waals surface area contributed by atoms with Gasteiger partial charge in [-0.2, -0.15) is 0 Å². The van der Waals surface area contributed by atoms with E-state index in [1.165, 1.54) is 12.0 Å². The Morgan fingerprint density at radius 2 is 2.06 bits per heavy atom. The monoisotopic (exact) mass is 253 g/mol. The second kappa shape index (κ2) is 5.38. The SMILES string of the molecule is CC1(C(N)Cc2ccc(Cl)cc2)CCCCO1. The number of rotatable bonds is 3. The smallest absolute Gasteiger partial charge is 0.0807 e. The van der Waals surface area contributed by atoms with Crippen LogP contribution in [0.4, 0.5) is 0 Å². The summed E-state index contributed by atoms with van der Waals surface area (Å²) in [5.41, 5.74) is 7.35. The fourth-order valence-electron chi connectivity index (χ4n) is 2.34. The van der Waals surface area contributed by atoms with Crippen LogP contribution >= 0.6 is 11.6 Å².